The van der Waals surface area contributed by atoms with Gasteiger partial charge in [-0.15, -0.1) is 0 Å². The van der Waals surface area contributed by atoms with Crippen LogP contribution in [0.25, 0.3) is 33.5 Å². The molecule has 0 bridgehead atoms. The molecule has 204 valence electrons. The zero-order chi connectivity index (χ0) is 26.5. The molecule has 6 rings (SSSR count). The van der Waals surface area contributed by atoms with Crippen LogP contribution in [0.3, 0.4) is 0 Å². The van der Waals surface area contributed by atoms with Crippen molar-refractivity contribution in [3.8, 4) is 11.3 Å². The lowest BCUT2D eigenvalue weighted by molar-refractivity contribution is 0.0282. The number of anilines is 1. The van der Waals surface area contributed by atoms with E-state index in [9.17, 15) is 9.59 Å². The number of carbonyl (C=O) groups excluding carboxylic acids is 1. The van der Waals surface area contributed by atoms with Gasteiger partial charge in [0.05, 0.1) is 17.4 Å². The van der Waals surface area contributed by atoms with Crippen LogP contribution in [0.5, 0.6) is 0 Å². The van der Waals surface area contributed by atoms with E-state index >= 15 is 0 Å². The Balaban J connectivity index is 0.00000110. The van der Waals surface area contributed by atoms with Crippen molar-refractivity contribution in [3.63, 3.8) is 0 Å². The second-order valence-corrected chi connectivity index (χ2v) is 10.5. The molecular formula is C27H38N8O3. The highest BCUT2D eigenvalue weighted by Gasteiger charge is 2.43. The van der Waals surface area contributed by atoms with Crippen molar-refractivity contribution < 1.29 is 9.53 Å². The van der Waals surface area contributed by atoms with Gasteiger partial charge in [0.1, 0.15) is 16.8 Å². The minimum Gasteiger partial charge on any atom is -0.444 e. The fourth-order valence-corrected chi connectivity index (χ4v) is 5.19. The minimum atomic E-state index is -0.500. The van der Waals surface area contributed by atoms with Crippen molar-refractivity contribution in [2.24, 2.45) is 18.9 Å². The van der Waals surface area contributed by atoms with Crippen LogP contribution in [0, 0.1) is 11.8 Å². The summed E-state index contributed by atoms with van der Waals surface area (Å²) in [6, 6.07) is 5.80. The molecule has 2 unspecified atom stereocenters. The van der Waals surface area contributed by atoms with Crippen molar-refractivity contribution in [1.29, 1.82) is 0 Å². The first kappa shape index (κ1) is 27.2. The maximum atomic E-state index is 12.5. The van der Waals surface area contributed by atoms with Gasteiger partial charge in [0.25, 0.3) is 0 Å². The van der Waals surface area contributed by atoms with Crippen molar-refractivity contribution in [2.45, 2.75) is 47.6 Å². The number of imidazole rings is 2. The lowest BCUT2D eigenvalue weighted by atomic mass is 10.0. The summed E-state index contributed by atoms with van der Waals surface area (Å²) >= 11 is 0. The van der Waals surface area contributed by atoms with Crippen molar-refractivity contribution in [1.82, 2.24) is 34.4 Å². The molecule has 0 radical (unpaired) electrons. The van der Waals surface area contributed by atoms with Crippen LogP contribution < -0.4 is 10.6 Å². The van der Waals surface area contributed by atoms with Gasteiger partial charge in [-0.25, -0.2) is 19.6 Å². The SMILES string of the molecule is C.CC.Cn1c(=O)[nH]c2cc(-c3nc(N4CC5CN(C(=O)OC(C)(C)C)CC5C4)nc4nc[nH]c34)ccc21. The average Bonchev–Trinajstić information content (AvgIpc) is 3.61. The molecule has 1 aromatic carbocycles. The summed E-state index contributed by atoms with van der Waals surface area (Å²) in [5.74, 6) is 1.31. The number of H-pyrrole nitrogens is 2. The van der Waals surface area contributed by atoms with Crippen LogP contribution in [0.1, 0.15) is 42.0 Å². The first-order chi connectivity index (χ1) is 17.7. The zero-order valence-corrected chi connectivity index (χ0v) is 22.2. The number of fused-ring (bicyclic) bond motifs is 3. The molecule has 4 aromatic rings. The molecule has 1 amide bonds. The molecule has 0 spiro atoms. The van der Waals surface area contributed by atoms with E-state index in [1.165, 1.54) is 0 Å². The molecule has 2 atom stereocenters. The van der Waals surface area contributed by atoms with E-state index < -0.39 is 5.60 Å². The second-order valence-electron chi connectivity index (χ2n) is 10.5. The number of rotatable bonds is 2. The van der Waals surface area contributed by atoms with Gasteiger partial charge in [-0.2, -0.15) is 4.98 Å². The van der Waals surface area contributed by atoms with E-state index in [0.29, 0.717) is 36.5 Å². The molecule has 11 heteroatoms. The lowest BCUT2D eigenvalue weighted by Gasteiger charge is -2.26. The Bertz CT molecular complexity index is 1500. The van der Waals surface area contributed by atoms with Crippen LogP contribution in [0.15, 0.2) is 29.3 Å². The van der Waals surface area contributed by atoms with Gasteiger partial charge < -0.3 is 24.5 Å². The lowest BCUT2D eigenvalue weighted by Crippen LogP contribution is -2.37. The van der Waals surface area contributed by atoms with Gasteiger partial charge >= 0.3 is 11.8 Å². The van der Waals surface area contributed by atoms with Crippen LogP contribution >= 0.6 is 0 Å². The number of nitrogens with one attached hydrogen (secondary N) is 2. The van der Waals surface area contributed by atoms with Crippen molar-refractivity contribution in [2.75, 3.05) is 31.1 Å². The molecule has 2 saturated heterocycles. The number of hydrogen-bond acceptors (Lipinski definition) is 7. The summed E-state index contributed by atoms with van der Waals surface area (Å²) in [6.07, 6.45) is 1.37. The predicted octanol–water partition coefficient (Wildman–Crippen LogP) is 4.17. The van der Waals surface area contributed by atoms with Crippen LogP contribution in [-0.4, -0.2) is 72.3 Å². The fourth-order valence-electron chi connectivity index (χ4n) is 5.19. The van der Waals surface area contributed by atoms with E-state index in [0.717, 1.165) is 40.9 Å². The van der Waals surface area contributed by atoms with Gasteiger partial charge in [-0.3, -0.25) is 4.57 Å². The Morgan fingerprint density at radius 2 is 1.76 bits per heavy atom. The maximum Gasteiger partial charge on any atom is 0.410 e. The van der Waals surface area contributed by atoms with Crippen LogP contribution in [-0.2, 0) is 11.8 Å². The monoisotopic (exact) mass is 522 g/mol. The summed E-state index contributed by atoms with van der Waals surface area (Å²) in [5, 5.41) is 0. The molecule has 2 N–H and O–H groups in total. The molecule has 2 aliphatic heterocycles. The quantitative estimate of drug-likeness (QED) is 0.405. The topological polar surface area (TPSA) is 125 Å². The number of amides is 1. The zero-order valence-electron chi connectivity index (χ0n) is 22.2. The van der Waals surface area contributed by atoms with Gasteiger partial charge in [-0.1, -0.05) is 27.3 Å². The number of aryl methyl sites for hydroxylation is 1. The van der Waals surface area contributed by atoms with E-state index in [4.69, 9.17) is 14.7 Å². The number of nitrogens with zero attached hydrogens (tertiary/aromatic N) is 6. The average molecular weight is 523 g/mol. The Morgan fingerprint density at radius 1 is 1.08 bits per heavy atom. The molecule has 2 aliphatic rings. The van der Waals surface area contributed by atoms with E-state index in [-0.39, 0.29) is 19.2 Å². The third-order valence-corrected chi connectivity index (χ3v) is 6.87. The largest absolute Gasteiger partial charge is 0.444 e. The number of ether oxygens (including phenoxy) is 1. The molecule has 0 aliphatic carbocycles. The third-order valence-electron chi connectivity index (χ3n) is 6.87. The summed E-state index contributed by atoms with van der Waals surface area (Å²) < 4.78 is 7.14. The summed E-state index contributed by atoms with van der Waals surface area (Å²) in [6.45, 7) is 12.5. The molecule has 11 nitrogen and oxygen atoms in total. The van der Waals surface area contributed by atoms with Gasteiger partial charge in [0.15, 0.2) is 5.65 Å². The first-order valence-electron chi connectivity index (χ1n) is 12.8. The second kappa shape index (κ2) is 10.1. The van der Waals surface area contributed by atoms with Crippen molar-refractivity contribution in [3.05, 3.63) is 35.0 Å². The van der Waals surface area contributed by atoms with E-state index in [1.807, 2.05) is 57.7 Å². The van der Waals surface area contributed by atoms with Gasteiger partial charge in [0.2, 0.25) is 5.95 Å². The molecule has 2 fully saturated rings. The third kappa shape index (κ3) is 4.84. The van der Waals surface area contributed by atoms with Crippen molar-refractivity contribution >= 4 is 34.2 Å². The Morgan fingerprint density at radius 3 is 2.42 bits per heavy atom. The highest BCUT2D eigenvalue weighted by molar-refractivity contribution is 5.91. The van der Waals surface area contributed by atoms with Gasteiger partial charge in [0, 0.05) is 50.6 Å². The standard InChI is InChI=1S/C24H28N8O3.C2H6.CH4/c1-24(2,3)35-23(34)32-10-14-8-31(9-15(14)11-32)21-28-18(19-20(29-21)26-12-25-19)13-5-6-17-16(7-13)27-22(33)30(17)4;1-2;/h5-7,12,14-15H,8-11H2,1-4H3,(H,27,33)(H,25,26,28,29);1-2H3;1H4. The normalized spacial score (nSPS) is 18.8. The summed E-state index contributed by atoms with van der Waals surface area (Å²) in [7, 11) is 1.74. The highest BCUT2D eigenvalue weighted by Crippen LogP contribution is 2.35. The number of likely N-dealkylation sites (tertiary alicyclic amines) is 1. The predicted molar refractivity (Wildman–Crippen MR) is 149 cm³/mol. The molecule has 5 heterocycles. The smallest absolute Gasteiger partial charge is 0.410 e. The summed E-state index contributed by atoms with van der Waals surface area (Å²) in [5.41, 5.74) is 3.88. The van der Waals surface area contributed by atoms with E-state index in [1.54, 1.807) is 17.9 Å². The number of hydrogen-bond donors (Lipinski definition) is 2. The molecule has 38 heavy (non-hydrogen) atoms. The molecular weight excluding hydrogens is 484 g/mol. The highest BCUT2D eigenvalue weighted by atomic mass is 16.6. The van der Waals surface area contributed by atoms with E-state index in [2.05, 4.69) is 19.9 Å². The number of benzene rings is 1. The number of aromatic amines is 2. The maximum absolute atomic E-state index is 12.5. The van der Waals surface area contributed by atoms with Crippen LogP contribution in [0.4, 0.5) is 10.7 Å². The van der Waals surface area contributed by atoms with Crippen LogP contribution in [0.2, 0.25) is 0 Å². The Labute approximate surface area is 222 Å². The number of aromatic nitrogens is 6. The fraction of sp³-hybridized carbons (Fsp3) is 0.519. The summed E-state index contributed by atoms with van der Waals surface area (Å²) in [4.78, 5) is 48.6. The Hall–Kier alpha value is -3.89. The Kier molecular flexibility index (Phi) is 7.22. The van der Waals surface area contributed by atoms with Gasteiger partial charge in [-0.05, 0) is 32.9 Å². The molecule has 3 aromatic heterocycles. The minimum absolute atomic E-state index is 0. The first-order valence-corrected chi connectivity index (χ1v) is 12.8. The molecule has 0 saturated carbocycles. The number of carbonyl (C=O) groups is 1.